The first kappa shape index (κ1) is 12.7. The molecule has 3 heteroatoms. The second-order valence-electron chi connectivity index (χ2n) is 5.66. The summed E-state index contributed by atoms with van der Waals surface area (Å²) in [6.07, 6.45) is 2.58. The van der Waals surface area contributed by atoms with Gasteiger partial charge >= 0.3 is 0 Å². The van der Waals surface area contributed by atoms with Gasteiger partial charge in [-0.25, -0.2) is 0 Å². The summed E-state index contributed by atoms with van der Waals surface area (Å²) >= 11 is 5.88. The van der Waals surface area contributed by atoms with Gasteiger partial charge in [0, 0.05) is 23.5 Å². The number of carbonyl (C=O) groups excluding carboxylic acids is 1. The van der Waals surface area contributed by atoms with Crippen molar-refractivity contribution in [1.82, 2.24) is 4.57 Å². The molecular weight excluding hydrogens is 234 g/mol. The molecule has 0 amide bonds. The molecule has 1 fully saturated rings. The summed E-state index contributed by atoms with van der Waals surface area (Å²) < 4.78 is 2.26. The van der Waals surface area contributed by atoms with Gasteiger partial charge in [0.2, 0.25) is 0 Å². The SMILES string of the molecule is Cc1cc(C(=O)C(C)Cl)c(C)n1CC1(C)CC1. The molecule has 0 aromatic carbocycles. The van der Waals surface area contributed by atoms with Crippen molar-refractivity contribution in [3.05, 3.63) is 23.0 Å². The van der Waals surface area contributed by atoms with Crippen molar-refractivity contribution in [1.29, 1.82) is 0 Å². The quantitative estimate of drug-likeness (QED) is 0.592. The molecule has 0 spiro atoms. The molecule has 1 saturated carbocycles. The minimum Gasteiger partial charge on any atom is -0.348 e. The van der Waals surface area contributed by atoms with Crippen LogP contribution >= 0.6 is 11.6 Å². The minimum atomic E-state index is -0.444. The summed E-state index contributed by atoms with van der Waals surface area (Å²) in [6.45, 7) is 9.14. The lowest BCUT2D eigenvalue weighted by atomic mass is 10.1. The third-order valence-electron chi connectivity index (χ3n) is 3.84. The van der Waals surface area contributed by atoms with Crippen LogP contribution in [0.5, 0.6) is 0 Å². The third kappa shape index (κ3) is 2.42. The number of nitrogens with zero attached hydrogens (tertiary/aromatic N) is 1. The fourth-order valence-corrected chi connectivity index (χ4v) is 2.38. The highest BCUT2D eigenvalue weighted by Crippen LogP contribution is 2.47. The number of Topliss-reactive ketones (excluding diaryl/α,β-unsaturated/α-hetero) is 1. The zero-order chi connectivity index (χ0) is 12.8. The van der Waals surface area contributed by atoms with Gasteiger partial charge in [0.15, 0.2) is 5.78 Å². The third-order valence-corrected chi connectivity index (χ3v) is 4.04. The summed E-state index contributed by atoms with van der Waals surface area (Å²) in [5.41, 5.74) is 3.46. The smallest absolute Gasteiger partial charge is 0.182 e. The lowest BCUT2D eigenvalue weighted by Gasteiger charge is -2.14. The van der Waals surface area contributed by atoms with Crippen LogP contribution in [0.2, 0.25) is 0 Å². The fourth-order valence-electron chi connectivity index (χ4n) is 2.26. The number of carbonyl (C=O) groups is 1. The molecule has 1 aromatic rings. The first-order chi connectivity index (χ1) is 7.84. The van der Waals surface area contributed by atoms with E-state index in [1.807, 2.05) is 13.0 Å². The van der Waals surface area contributed by atoms with Gasteiger partial charge < -0.3 is 4.57 Å². The van der Waals surface area contributed by atoms with E-state index in [-0.39, 0.29) is 5.78 Å². The zero-order valence-corrected chi connectivity index (χ0v) is 11.8. The molecule has 0 bridgehead atoms. The van der Waals surface area contributed by atoms with Crippen LogP contribution < -0.4 is 0 Å². The second kappa shape index (κ2) is 4.16. The number of aromatic nitrogens is 1. The molecule has 0 aliphatic heterocycles. The van der Waals surface area contributed by atoms with Gasteiger partial charge in [-0.2, -0.15) is 0 Å². The van der Waals surface area contributed by atoms with E-state index in [4.69, 9.17) is 11.6 Å². The Morgan fingerprint density at radius 1 is 1.53 bits per heavy atom. The summed E-state index contributed by atoms with van der Waals surface area (Å²) in [5, 5.41) is -0.444. The Balaban J connectivity index is 2.31. The molecule has 1 aromatic heterocycles. The Labute approximate surface area is 108 Å². The Hall–Kier alpha value is -0.760. The molecule has 0 saturated heterocycles. The molecule has 1 unspecified atom stereocenters. The standard InChI is InChI=1S/C14H20ClNO/c1-9-7-12(13(17)10(2)15)11(3)16(9)8-14(4)5-6-14/h7,10H,5-6,8H2,1-4H3. The maximum Gasteiger partial charge on any atom is 0.182 e. The van der Waals surface area contributed by atoms with Gasteiger partial charge in [0.05, 0.1) is 5.38 Å². The van der Waals surface area contributed by atoms with Gasteiger partial charge in [0.25, 0.3) is 0 Å². The molecule has 1 aliphatic carbocycles. The monoisotopic (exact) mass is 253 g/mol. The maximum absolute atomic E-state index is 12.0. The predicted octanol–water partition coefficient (Wildman–Crippen LogP) is 3.72. The van der Waals surface area contributed by atoms with Crippen molar-refractivity contribution in [3.8, 4) is 0 Å². The van der Waals surface area contributed by atoms with E-state index in [1.54, 1.807) is 6.92 Å². The second-order valence-corrected chi connectivity index (χ2v) is 6.32. The van der Waals surface area contributed by atoms with Crippen molar-refractivity contribution in [2.45, 2.75) is 52.5 Å². The van der Waals surface area contributed by atoms with Crippen LogP contribution in [0.4, 0.5) is 0 Å². The molecule has 2 rings (SSSR count). The van der Waals surface area contributed by atoms with Gasteiger partial charge in [-0.1, -0.05) is 6.92 Å². The lowest BCUT2D eigenvalue weighted by molar-refractivity contribution is 0.0991. The van der Waals surface area contributed by atoms with Crippen LogP contribution in [0.15, 0.2) is 6.07 Å². The van der Waals surface area contributed by atoms with Crippen LogP contribution in [0.3, 0.4) is 0 Å². The summed E-state index contributed by atoms with van der Waals surface area (Å²) in [7, 11) is 0. The minimum absolute atomic E-state index is 0.0342. The Morgan fingerprint density at radius 3 is 2.59 bits per heavy atom. The van der Waals surface area contributed by atoms with E-state index >= 15 is 0 Å². The van der Waals surface area contributed by atoms with Crippen molar-refractivity contribution < 1.29 is 4.79 Å². The zero-order valence-electron chi connectivity index (χ0n) is 11.0. The number of hydrogen-bond acceptors (Lipinski definition) is 1. The first-order valence-corrected chi connectivity index (χ1v) is 6.63. The Kier molecular flexibility index (Phi) is 3.11. The summed E-state index contributed by atoms with van der Waals surface area (Å²) in [4.78, 5) is 12.0. The van der Waals surface area contributed by atoms with E-state index in [1.165, 1.54) is 12.8 Å². The molecule has 1 atom stereocenters. The van der Waals surface area contributed by atoms with Crippen LogP contribution in [0.1, 0.15) is 48.4 Å². The Morgan fingerprint density at radius 2 is 2.12 bits per heavy atom. The maximum atomic E-state index is 12.0. The molecule has 0 radical (unpaired) electrons. The van der Waals surface area contributed by atoms with Gasteiger partial charge in [-0.15, -0.1) is 11.6 Å². The van der Waals surface area contributed by atoms with Crippen LogP contribution in [0.25, 0.3) is 0 Å². The van der Waals surface area contributed by atoms with Crippen molar-refractivity contribution in [3.63, 3.8) is 0 Å². The van der Waals surface area contributed by atoms with E-state index in [2.05, 4.69) is 18.4 Å². The van der Waals surface area contributed by atoms with Gasteiger partial charge in [-0.05, 0) is 45.1 Å². The summed E-state index contributed by atoms with van der Waals surface area (Å²) in [5.74, 6) is 0.0342. The molecule has 17 heavy (non-hydrogen) atoms. The predicted molar refractivity (Wildman–Crippen MR) is 70.9 cm³/mol. The van der Waals surface area contributed by atoms with Crippen molar-refractivity contribution >= 4 is 17.4 Å². The Bertz CT molecular complexity index is 455. The number of alkyl halides is 1. The van der Waals surface area contributed by atoms with Crippen LogP contribution in [0, 0.1) is 19.3 Å². The first-order valence-electron chi connectivity index (χ1n) is 6.19. The van der Waals surface area contributed by atoms with Gasteiger partial charge in [0.1, 0.15) is 0 Å². The molecule has 2 nitrogen and oxygen atoms in total. The lowest BCUT2D eigenvalue weighted by Crippen LogP contribution is -2.14. The average molecular weight is 254 g/mol. The van der Waals surface area contributed by atoms with Gasteiger partial charge in [-0.3, -0.25) is 4.79 Å². The average Bonchev–Trinajstić information content (AvgIpc) is 2.92. The van der Waals surface area contributed by atoms with E-state index in [0.717, 1.165) is 23.5 Å². The largest absolute Gasteiger partial charge is 0.348 e. The van der Waals surface area contributed by atoms with Crippen LogP contribution in [-0.2, 0) is 6.54 Å². The molecule has 1 heterocycles. The number of rotatable bonds is 4. The van der Waals surface area contributed by atoms with Crippen LogP contribution in [-0.4, -0.2) is 15.7 Å². The number of ketones is 1. The fraction of sp³-hybridized carbons (Fsp3) is 0.643. The summed E-state index contributed by atoms with van der Waals surface area (Å²) in [6, 6.07) is 1.97. The highest BCUT2D eigenvalue weighted by molar-refractivity contribution is 6.33. The highest BCUT2D eigenvalue weighted by atomic mass is 35.5. The number of hydrogen-bond donors (Lipinski definition) is 0. The van der Waals surface area contributed by atoms with E-state index < -0.39 is 5.38 Å². The van der Waals surface area contributed by atoms with Crippen molar-refractivity contribution in [2.24, 2.45) is 5.41 Å². The highest BCUT2D eigenvalue weighted by Gasteiger charge is 2.38. The van der Waals surface area contributed by atoms with E-state index in [9.17, 15) is 4.79 Å². The number of halogens is 1. The number of aryl methyl sites for hydroxylation is 1. The van der Waals surface area contributed by atoms with E-state index in [0.29, 0.717) is 5.41 Å². The molecule has 0 N–H and O–H groups in total. The normalized spacial score (nSPS) is 19.1. The molecular formula is C14H20ClNO. The molecule has 94 valence electrons. The molecule has 1 aliphatic rings. The van der Waals surface area contributed by atoms with Crippen molar-refractivity contribution in [2.75, 3.05) is 0 Å². The topological polar surface area (TPSA) is 22.0 Å².